The van der Waals surface area contributed by atoms with Gasteiger partial charge in [-0.3, -0.25) is 28.8 Å². The Kier molecular flexibility index (Phi) is 8.87. The lowest BCUT2D eigenvalue weighted by Gasteiger charge is -2.64. The number of hydrogen-bond donors (Lipinski definition) is 1. The molecule has 47 heavy (non-hydrogen) atoms. The van der Waals surface area contributed by atoms with Crippen LogP contribution in [0.25, 0.3) is 0 Å². The number of carbonyl (C=O) groups is 6. The smallest absolute Gasteiger partial charge is 0.309 e. The first-order valence-electron chi connectivity index (χ1n) is 16.7. The van der Waals surface area contributed by atoms with Crippen LogP contribution in [0.1, 0.15) is 88.0 Å². The molecule has 0 aromatic heterocycles. The molecule has 13 heteroatoms. The van der Waals surface area contributed by atoms with Gasteiger partial charge in [-0.15, -0.1) is 0 Å². The zero-order chi connectivity index (χ0) is 35.0. The molecule has 2 bridgehead atoms. The van der Waals surface area contributed by atoms with Crippen molar-refractivity contribution in [1.29, 1.82) is 0 Å². The first kappa shape index (κ1) is 35.3. The van der Waals surface area contributed by atoms with Gasteiger partial charge in [0.05, 0.1) is 23.9 Å². The first-order chi connectivity index (χ1) is 21.8. The molecule has 0 radical (unpaired) electrons. The SMILES string of the molecule is CCC(=O)O[C@@H]1[C@@H]2[C@@H](OC(C)=O)[C@@]34CO[C@@](C)([C@H](OC(C)=O)[C@@]2(O)C[C@@H]1C)[C@@H]3[C@@H]1[C@@H](C[C@]1(C)OC(C)=O)[C@@H](OC(=O)[C@H](C)CC)C4=O. The summed E-state index contributed by atoms with van der Waals surface area (Å²) in [6, 6.07) is 0. The number of rotatable bonds is 8. The van der Waals surface area contributed by atoms with E-state index in [1.54, 1.807) is 34.6 Å². The van der Waals surface area contributed by atoms with E-state index in [2.05, 4.69) is 0 Å². The fourth-order valence-electron chi connectivity index (χ4n) is 9.98. The minimum Gasteiger partial charge on any atom is -0.462 e. The van der Waals surface area contributed by atoms with E-state index < -0.39 is 118 Å². The Labute approximate surface area is 274 Å². The molecule has 4 saturated carbocycles. The minimum absolute atomic E-state index is 0.0195. The van der Waals surface area contributed by atoms with Crippen molar-refractivity contribution < 1.29 is 62.3 Å². The molecular weight excluding hydrogens is 616 g/mol. The second-order valence-electron chi connectivity index (χ2n) is 14.8. The molecule has 262 valence electrons. The molecule has 0 spiro atoms. The molecule has 1 N–H and O–H groups in total. The zero-order valence-corrected chi connectivity index (χ0v) is 28.7. The highest BCUT2D eigenvalue weighted by Gasteiger charge is 2.86. The predicted octanol–water partition coefficient (Wildman–Crippen LogP) is 2.46. The van der Waals surface area contributed by atoms with E-state index in [0.717, 1.165) is 0 Å². The van der Waals surface area contributed by atoms with E-state index in [1.165, 1.54) is 20.8 Å². The van der Waals surface area contributed by atoms with E-state index in [-0.39, 0.29) is 25.9 Å². The van der Waals surface area contributed by atoms with E-state index in [1.807, 2.05) is 6.92 Å². The molecule has 4 aliphatic carbocycles. The average molecular weight is 665 g/mol. The van der Waals surface area contributed by atoms with E-state index in [9.17, 15) is 29.1 Å². The Bertz CT molecular complexity index is 1360. The monoisotopic (exact) mass is 664 g/mol. The van der Waals surface area contributed by atoms with Crippen LogP contribution in [0, 0.1) is 40.9 Å². The Morgan fingerprint density at radius 3 is 2.13 bits per heavy atom. The molecule has 1 saturated heterocycles. The number of ether oxygens (including phenoxy) is 6. The van der Waals surface area contributed by atoms with Crippen molar-refractivity contribution in [3.63, 3.8) is 0 Å². The van der Waals surface area contributed by atoms with Crippen LogP contribution in [0.15, 0.2) is 0 Å². The number of esters is 5. The minimum atomic E-state index is -2.01. The molecule has 14 atom stereocenters. The number of hydrogen-bond acceptors (Lipinski definition) is 13. The summed E-state index contributed by atoms with van der Waals surface area (Å²) in [5.41, 5.74) is -6.58. The van der Waals surface area contributed by atoms with Crippen molar-refractivity contribution in [1.82, 2.24) is 0 Å². The van der Waals surface area contributed by atoms with Crippen LogP contribution in [-0.4, -0.2) is 88.6 Å². The van der Waals surface area contributed by atoms with Crippen LogP contribution >= 0.6 is 0 Å². The van der Waals surface area contributed by atoms with Gasteiger partial charge in [0, 0.05) is 44.9 Å². The summed E-state index contributed by atoms with van der Waals surface area (Å²) in [6.07, 6.45) is -4.66. The topological polar surface area (TPSA) is 178 Å². The highest BCUT2D eigenvalue weighted by molar-refractivity contribution is 5.94. The molecule has 5 aliphatic rings. The van der Waals surface area contributed by atoms with Crippen molar-refractivity contribution in [3.05, 3.63) is 0 Å². The third kappa shape index (κ3) is 5.09. The third-order valence-corrected chi connectivity index (χ3v) is 11.8. The molecule has 0 aromatic carbocycles. The average Bonchev–Trinajstić information content (AvgIpc) is 3.39. The molecule has 5 rings (SSSR count). The second-order valence-corrected chi connectivity index (χ2v) is 14.8. The van der Waals surface area contributed by atoms with Gasteiger partial charge in [-0.05, 0) is 39.0 Å². The van der Waals surface area contributed by atoms with Crippen LogP contribution in [0.2, 0.25) is 0 Å². The van der Waals surface area contributed by atoms with Gasteiger partial charge in [-0.25, -0.2) is 0 Å². The molecule has 1 aliphatic heterocycles. The highest BCUT2D eigenvalue weighted by atomic mass is 16.6. The third-order valence-electron chi connectivity index (χ3n) is 11.8. The number of aliphatic hydroxyl groups is 1. The van der Waals surface area contributed by atoms with E-state index in [0.29, 0.717) is 6.42 Å². The quantitative estimate of drug-likeness (QED) is 0.296. The summed E-state index contributed by atoms with van der Waals surface area (Å²) in [6.45, 7) is 13.5. The van der Waals surface area contributed by atoms with E-state index in [4.69, 9.17) is 28.4 Å². The fourth-order valence-corrected chi connectivity index (χ4v) is 9.98. The second kappa shape index (κ2) is 11.8. The zero-order valence-electron chi connectivity index (χ0n) is 28.7. The van der Waals surface area contributed by atoms with Crippen molar-refractivity contribution in [2.45, 2.75) is 129 Å². The molecule has 1 heterocycles. The van der Waals surface area contributed by atoms with Gasteiger partial charge in [0.15, 0.2) is 18.0 Å². The molecular formula is C34H48O13. The maximum absolute atomic E-state index is 15.2. The first-order valence-corrected chi connectivity index (χ1v) is 16.7. The Hall–Kier alpha value is -3.06. The van der Waals surface area contributed by atoms with E-state index >= 15 is 4.79 Å². The number of ketones is 1. The van der Waals surface area contributed by atoms with Gasteiger partial charge < -0.3 is 33.5 Å². The fraction of sp³-hybridized carbons (Fsp3) is 0.824. The molecule has 0 amide bonds. The lowest BCUT2D eigenvalue weighted by molar-refractivity contribution is -0.260. The van der Waals surface area contributed by atoms with Crippen LogP contribution in [0.5, 0.6) is 0 Å². The summed E-state index contributed by atoms with van der Waals surface area (Å²) in [7, 11) is 0. The molecule has 0 aromatic rings. The largest absolute Gasteiger partial charge is 0.462 e. The van der Waals surface area contributed by atoms with Gasteiger partial charge in [-0.1, -0.05) is 27.7 Å². The van der Waals surface area contributed by atoms with Crippen LogP contribution < -0.4 is 0 Å². The van der Waals surface area contributed by atoms with Crippen molar-refractivity contribution >= 4 is 35.6 Å². The standard InChI is InChI=1S/C34H48O13/c1-10-15(3)29(40)46-25-20-13-31(8,47-19(7)37)22(20)26-32(9)30(44-18(6)36)34(41)12-16(4)24(45-21(38)11-2)23(34)28(43-17(5)35)33(26,14-42-32)27(25)39/h15-16,20,22-26,28,30,41H,10-14H2,1-9H3/t15-,16+,20-,22+,23-,24+,25-,26+,28-,30+,31+,32-,33+,34-/m1/s1. The Morgan fingerprint density at radius 2 is 1.57 bits per heavy atom. The van der Waals surface area contributed by atoms with Crippen molar-refractivity contribution in [3.8, 4) is 0 Å². The van der Waals surface area contributed by atoms with Gasteiger partial charge in [0.1, 0.15) is 29.0 Å². The molecule has 5 fully saturated rings. The van der Waals surface area contributed by atoms with Gasteiger partial charge in [-0.2, -0.15) is 0 Å². The lowest BCUT2D eigenvalue weighted by atomic mass is 9.42. The predicted molar refractivity (Wildman–Crippen MR) is 160 cm³/mol. The summed E-state index contributed by atoms with van der Waals surface area (Å²) in [5, 5.41) is 12.9. The van der Waals surface area contributed by atoms with Crippen molar-refractivity contribution in [2.24, 2.45) is 40.9 Å². The lowest BCUT2D eigenvalue weighted by Crippen LogP contribution is -2.75. The number of carbonyl (C=O) groups excluding carboxylic acids is 6. The number of Topliss-reactive ketones (excluding diaryl/α,β-unsaturated/α-hetero) is 1. The summed E-state index contributed by atoms with van der Waals surface area (Å²) < 4.78 is 36.5. The number of fused-ring (bicyclic) bond motifs is 2. The van der Waals surface area contributed by atoms with Crippen LogP contribution in [0.3, 0.4) is 0 Å². The maximum Gasteiger partial charge on any atom is 0.309 e. The van der Waals surface area contributed by atoms with Crippen LogP contribution in [0.4, 0.5) is 0 Å². The molecule has 0 unspecified atom stereocenters. The highest BCUT2D eigenvalue weighted by Crippen LogP contribution is 2.72. The van der Waals surface area contributed by atoms with Gasteiger partial charge in [0.25, 0.3) is 0 Å². The maximum atomic E-state index is 15.2. The van der Waals surface area contributed by atoms with Gasteiger partial charge >= 0.3 is 29.8 Å². The normalized spacial score (nSPS) is 45.1. The Balaban J connectivity index is 1.81. The van der Waals surface area contributed by atoms with Crippen LogP contribution in [-0.2, 0) is 57.2 Å². The summed E-state index contributed by atoms with van der Waals surface area (Å²) >= 11 is 0. The summed E-state index contributed by atoms with van der Waals surface area (Å²) in [4.78, 5) is 79.6. The summed E-state index contributed by atoms with van der Waals surface area (Å²) in [5.74, 6) is -8.40. The Morgan fingerprint density at radius 1 is 0.936 bits per heavy atom. The molecule has 13 nitrogen and oxygen atoms in total. The van der Waals surface area contributed by atoms with Crippen molar-refractivity contribution in [2.75, 3.05) is 6.61 Å². The van der Waals surface area contributed by atoms with Gasteiger partial charge in [0.2, 0.25) is 0 Å².